The molecular weight excluding hydrogens is 273 g/mol. The van der Waals surface area contributed by atoms with E-state index in [9.17, 15) is 9.18 Å². The van der Waals surface area contributed by atoms with Gasteiger partial charge in [0.1, 0.15) is 5.82 Å². The molecule has 0 saturated heterocycles. The molecule has 2 nitrogen and oxygen atoms in total. The molecule has 0 spiro atoms. The van der Waals surface area contributed by atoms with E-state index < -0.39 is 5.82 Å². The first kappa shape index (κ1) is 13.2. The van der Waals surface area contributed by atoms with Crippen LogP contribution in [0.1, 0.15) is 24.2 Å². The summed E-state index contributed by atoms with van der Waals surface area (Å²) in [5, 5.41) is 0. The molecule has 1 amide bonds. The van der Waals surface area contributed by atoms with Gasteiger partial charge in [-0.3, -0.25) is 4.79 Å². The normalized spacial score (nSPS) is 10.6. The Bertz CT molecular complexity index is 372. The van der Waals surface area contributed by atoms with Crippen molar-refractivity contribution in [2.24, 2.45) is 5.92 Å². The average molecular weight is 288 g/mol. The van der Waals surface area contributed by atoms with Crippen LogP contribution in [0.4, 0.5) is 4.39 Å². The quantitative estimate of drug-likeness (QED) is 0.835. The van der Waals surface area contributed by atoms with E-state index in [4.69, 9.17) is 0 Å². The maximum absolute atomic E-state index is 13.5. The standard InChI is InChI=1S/C12H15BrFNO/c1-8(2)7-15(3)12(16)11-9(13)5-4-6-10(11)14/h4-6,8H,7H2,1-3H3. The maximum atomic E-state index is 13.5. The van der Waals surface area contributed by atoms with E-state index in [1.807, 2.05) is 13.8 Å². The lowest BCUT2D eigenvalue weighted by Crippen LogP contribution is -2.31. The third-order valence-corrected chi connectivity index (χ3v) is 2.82. The van der Waals surface area contributed by atoms with Crippen molar-refractivity contribution >= 4 is 21.8 Å². The van der Waals surface area contributed by atoms with Crippen LogP contribution in [0.3, 0.4) is 0 Å². The predicted molar refractivity (Wildman–Crippen MR) is 65.9 cm³/mol. The molecular formula is C12H15BrFNO. The van der Waals surface area contributed by atoms with Crippen LogP contribution in [0.15, 0.2) is 22.7 Å². The summed E-state index contributed by atoms with van der Waals surface area (Å²) >= 11 is 3.19. The molecule has 0 aliphatic rings. The molecule has 0 saturated carbocycles. The Morgan fingerprint density at radius 1 is 1.50 bits per heavy atom. The number of amides is 1. The van der Waals surface area contributed by atoms with E-state index in [-0.39, 0.29) is 11.5 Å². The number of hydrogen-bond acceptors (Lipinski definition) is 1. The minimum absolute atomic E-state index is 0.102. The van der Waals surface area contributed by atoms with Gasteiger partial charge in [-0.15, -0.1) is 0 Å². The first-order valence-electron chi connectivity index (χ1n) is 5.13. The highest BCUT2D eigenvalue weighted by molar-refractivity contribution is 9.10. The molecule has 88 valence electrons. The van der Waals surface area contributed by atoms with Crippen molar-refractivity contribution in [2.75, 3.05) is 13.6 Å². The zero-order chi connectivity index (χ0) is 12.3. The molecule has 0 N–H and O–H groups in total. The molecule has 1 rings (SSSR count). The SMILES string of the molecule is CC(C)CN(C)C(=O)c1c(F)cccc1Br. The van der Waals surface area contributed by atoms with Gasteiger partial charge in [-0.1, -0.05) is 19.9 Å². The van der Waals surface area contributed by atoms with E-state index >= 15 is 0 Å². The van der Waals surface area contributed by atoms with E-state index in [2.05, 4.69) is 15.9 Å². The van der Waals surface area contributed by atoms with Gasteiger partial charge in [0.2, 0.25) is 0 Å². The van der Waals surface area contributed by atoms with Crippen molar-refractivity contribution in [3.8, 4) is 0 Å². The van der Waals surface area contributed by atoms with Crippen molar-refractivity contribution in [1.29, 1.82) is 0 Å². The van der Waals surface area contributed by atoms with Crippen molar-refractivity contribution in [3.05, 3.63) is 34.1 Å². The zero-order valence-corrected chi connectivity index (χ0v) is 11.2. The maximum Gasteiger partial charge on any atom is 0.257 e. The molecule has 0 aliphatic heterocycles. The van der Waals surface area contributed by atoms with Crippen molar-refractivity contribution in [2.45, 2.75) is 13.8 Å². The average Bonchev–Trinajstić information content (AvgIpc) is 2.16. The molecule has 0 atom stereocenters. The van der Waals surface area contributed by atoms with Crippen LogP contribution in [-0.2, 0) is 0 Å². The molecule has 0 bridgehead atoms. The summed E-state index contributed by atoms with van der Waals surface area (Å²) in [6.07, 6.45) is 0. The minimum Gasteiger partial charge on any atom is -0.341 e. The van der Waals surface area contributed by atoms with E-state index in [0.717, 1.165) is 0 Å². The van der Waals surface area contributed by atoms with Crippen LogP contribution < -0.4 is 0 Å². The van der Waals surface area contributed by atoms with Gasteiger partial charge >= 0.3 is 0 Å². The van der Waals surface area contributed by atoms with Crippen LogP contribution in [0, 0.1) is 11.7 Å². The minimum atomic E-state index is -0.491. The van der Waals surface area contributed by atoms with Crippen molar-refractivity contribution < 1.29 is 9.18 Å². The van der Waals surface area contributed by atoms with Crippen molar-refractivity contribution in [3.63, 3.8) is 0 Å². The summed E-state index contributed by atoms with van der Waals surface area (Å²) in [5.74, 6) is -0.423. The zero-order valence-electron chi connectivity index (χ0n) is 9.63. The van der Waals surface area contributed by atoms with Crippen LogP contribution in [-0.4, -0.2) is 24.4 Å². The first-order chi connectivity index (χ1) is 7.43. The van der Waals surface area contributed by atoms with Gasteiger partial charge in [-0.05, 0) is 34.0 Å². The highest BCUT2D eigenvalue weighted by atomic mass is 79.9. The Labute approximate surface area is 104 Å². The molecule has 0 unspecified atom stereocenters. The van der Waals surface area contributed by atoms with Crippen molar-refractivity contribution in [1.82, 2.24) is 4.90 Å². The second-order valence-electron chi connectivity index (χ2n) is 4.18. The molecule has 0 radical (unpaired) electrons. The molecule has 1 aromatic rings. The summed E-state index contributed by atoms with van der Waals surface area (Å²) < 4.78 is 14.0. The number of carbonyl (C=O) groups is 1. The number of rotatable bonds is 3. The van der Waals surface area contributed by atoms with Gasteiger partial charge in [0, 0.05) is 18.1 Å². The summed E-state index contributed by atoms with van der Waals surface area (Å²) in [6, 6.07) is 4.53. The molecule has 0 aliphatic carbocycles. The van der Waals surface area contributed by atoms with Crippen LogP contribution in [0.25, 0.3) is 0 Å². The molecule has 4 heteroatoms. The predicted octanol–water partition coefficient (Wildman–Crippen LogP) is 3.32. The van der Waals surface area contributed by atoms with Gasteiger partial charge in [-0.25, -0.2) is 4.39 Å². The lowest BCUT2D eigenvalue weighted by Gasteiger charge is -2.20. The lowest BCUT2D eigenvalue weighted by molar-refractivity contribution is 0.0773. The van der Waals surface area contributed by atoms with Gasteiger partial charge in [0.05, 0.1) is 5.56 Å². The number of benzene rings is 1. The molecule has 0 heterocycles. The Morgan fingerprint density at radius 2 is 2.12 bits per heavy atom. The summed E-state index contributed by atoms with van der Waals surface area (Å²) in [6.45, 7) is 4.64. The van der Waals surface area contributed by atoms with E-state index in [0.29, 0.717) is 16.9 Å². The Kier molecular flexibility index (Phi) is 4.47. The highest BCUT2D eigenvalue weighted by Gasteiger charge is 2.19. The molecule has 16 heavy (non-hydrogen) atoms. The fourth-order valence-corrected chi connectivity index (χ4v) is 2.04. The van der Waals surface area contributed by atoms with Gasteiger partial charge in [-0.2, -0.15) is 0 Å². The Hall–Kier alpha value is -0.900. The third-order valence-electron chi connectivity index (χ3n) is 2.16. The summed E-state index contributed by atoms with van der Waals surface area (Å²) in [7, 11) is 1.68. The largest absolute Gasteiger partial charge is 0.341 e. The van der Waals surface area contributed by atoms with Gasteiger partial charge in [0.15, 0.2) is 0 Å². The highest BCUT2D eigenvalue weighted by Crippen LogP contribution is 2.21. The molecule has 1 aromatic carbocycles. The second-order valence-corrected chi connectivity index (χ2v) is 5.03. The van der Waals surface area contributed by atoms with E-state index in [1.54, 1.807) is 19.2 Å². The fourth-order valence-electron chi connectivity index (χ4n) is 1.52. The Morgan fingerprint density at radius 3 is 2.62 bits per heavy atom. The second kappa shape index (κ2) is 5.43. The van der Waals surface area contributed by atoms with E-state index in [1.165, 1.54) is 11.0 Å². The number of hydrogen-bond donors (Lipinski definition) is 0. The topological polar surface area (TPSA) is 20.3 Å². The number of halogens is 2. The first-order valence-corrected chi connectivity index (χ1v) is 5.92. The summed E-state index contributed by atoms with van der Waals surface area (Å²) in [5.41, 5.74) is 0.102. The van der Waals surface area contributed by atoms with Crippen LogP contribution in [0.2, 0.25) is 0 Å². The smallest absolute Gasteiger partial charge is 0.257 e. The van der Waals surface area contributed by atoms with Crippen LogP contribution in [0.5, 0.6) is 0 Å². The van der Waals surface area contributed by atoms with Gasteiger partial charge in [0.25, 0.3) is 5.91 Å². The number of carbonyl (C=O) groups excluding carboxylic acids is 1. The lowest BCUT2D eigenvalue weighted by atomic mass is 10.1. The summed E-state index contributed by atoms with van der Waals surface area (Å²) in [4.78, 5) is 13.5. The van der Waals surface area contributed by atoms with Gasteiger partial charge < -0.3 is 4.90 Å². The van der Waals surface area contributed by atoms with Crippen LogP contribution >= 0.6 is 15.9 Å². The molecule has 0 aromatic heterocycles. The fraction of sp³-hybridized carbons (Fsp3) is 0.417. The monoisotopic (exact) mass is 287 g/mol. The Balaban J connectivity index is 2.96. The molecule has 0 fully saturated rings. The third kappa shape index (κ3) is 3.04. The number of nitrogens with zero attached hydrogens (tertiary/aromatic N) is 1.